The topological polar surface area (TPSA) is 38.0 Å². The van der Waals surface area contributed by atoms with Crippen LogP contribution in [0.4, 0.5) is 0 Å². The maximum Gasteiger partial charge on any atom is 0.0355 e. The molecule has 1 fully saturated rings. The van der Waals surface area contributed by atoms with E-state index in [2.05, 4.69) is 36.5 Å². The molecule has 1 aromatic rings. The van der Waals surface area contributed by atoms with Gasteiger partial charge in [0.25, 0.3) is 0 Å². The second-order valence-electron chi connectivity index (χ2n) is 5.98. The van der Waals surface area contributed by atoms with Gasteiger partial charge in [0, 0.05) is 6.04 Å². The van der Waals surface area contributed by atoms with Gasteiger partial charge in [0.2, 0.25) is 0 Å². The minimum absolute atomic E-state index is 0.366. The van der Waals surface area contributed by atoms with Crippen molar-refractivity contribution in [2.24, 2.45) is 11.7 Å². The lowest BCUT2D eigenvalue weighted by molar-refractivity contribution is 0.418. The molecule has 0 aromatic heterocycles. The van der Waals surface area contributed by atoms with Crippen LogP contribution >= 0.6 is 0 Å². The zero-order valence-electron chi connectivity index (χ0n) is 12.4. The maximum absolute atomic E-state index is 5.79. The molecular formula is C17H28N2. The number of rotatable bonds is 5. The molecule has 1 saturated carbocycles. The average Bonchev–Trinajstić information content (AvgIpc) is 2.49. The van der Waals surface area contributed by atoms with E-state index in [1.807, 2.05) is 7.05 Å². The molecule has 0 radical (unpaired) electrons. The number of nitrogens with two attached hydrogens (primary N) is 1. The molecule has 0 spiro atoms. The van der Waals surface area contributed by atoms with E-state index in [1.54, 1.807) is 0 Å². The minimum Gasteiger partial charge on any atom is -0.330 e. The number of hydrogen-bond acceptors (Lipinski definition) is 2. The first kappa shape index (κ1) is 14.5. The Morgan fingerprint density at radius 1 is 1.16 bits per heavy atom. The third-order valence-corrected chi connectivity index (χ3v) is 4.62. The molecule has 19 heavy (non-hydrogen) atoms. The molecule has 2 heteroatoms. The number of benzene rings is 1. The highest BCUT2D eigenvalue weighted by atomic mass is 14.9. The second-order valence-corrected chi connectivity index (χ2v) is 5.98. The Bertz CT molecular complexity index is 365. The maximum atomic E-state index is 5.79. The fourth-order valence-corrected chi connectivity index (χ4v) is 3.33. The summed E-state index contributed by atoms with van der Waals surface area (Å²) >= 11 is 0. The van der Waals surface area contributed by atoms with Gasteiger partial charge < -0.3 is 11.1 Å². The van der Waals surface area contributed by atoms with Crippen LogP contribution in [0.25, 0.3) is 0 Å². The summed E-state index contributed by atoms with van der Waals surface area (Å²) < 4.78 is 0. The van der Waals surface area contributed by atoms with E-state index < -0.39 is 0 Å². The van der Waals surface area contributed by atoms with Gasteiger partial charge in [-0.2, -0.15) is 0 Å². The summed E-state index contributed by atoms with van der Waals surface area (Å²) in [4.78, 5) is 0. The fraction of sp³-hybridized carbons (Fsp3) is 0.647. The smallest absolute Gasteiger partial charge is 0.0355 e. The summed E-state index contributed by atoms with van der Waals surface area (Å²) in [7, 11) is 2.02. The number of nitrogens with one attached hydrogen (secondary N) is 1. The SMILES string of the molecule is CNC(c1ccc(C2CCCCC2)cc1)C(C)CN. The van der Waals surface area contributed by atoms with Gasteiger partial charge in [0.15, 0.2) is 0 Å². The van der Waals surface area contributed by atoms with Crippen molar-refractivity contribution < 1.29 is 0 Å². The third kappa shape index (κ3) is 3.58. The van der Waals surface area contributed by atoms with Crippen molar-refractivity contribution in [1.82, 2.24) is 5.32 Å². The molecule has 0 amide bonds. The van der Waals surface area contributed by atoms with Crippen LogP contribution in [-0.2, 0) is 0 Å². The van der Waals surface area contributed by atoms with Crippen molar-refractivity contribution in [3.63, 3.8) is 0 Å². The summed E-state index contributed by atoms with van der Waals surface area (Å²) in [6.07, 6.45) is 6.96. The van der Waals surface area contributed by atoms with Crippen LogP contribution in [0.3, 0.4) is 0 Å². The predicted molar refractivity (Wildman–Crippen MR) is 82.3 cm³/mol. The Labute approximate surface area is 117 Å². The molecular weight excluding hydrogens is 232 g/mol. The largest absolute Gasteiger partial charge is 0.330 e. The fourth-order valence-electron chi connectivity index (χ4n) is 3.33. The van der Waals surface area contributed by atoms with Gasteiger partial charge in [-0.1, -0.05) is 50.5 Å². The highest BCUT2D eigenvalue weighted by Crippen LogP contribution is 2.33. The molecule has 0 bridgehead atoms. The highest BCUT2D eigenvalue weighted by molar-refractivity contribution is 5.28. The van der Waals surface area contributed by atoms with E-state index in [1.165, 1.54) is 43.2 Å². The van der Waals surface area contributed by atoms with E-state index in [0.29, 0.717) is 12.0 Å². The van der Waals surface area contributed by atoms with Crippen molar-refractivity contribution in [1.29, 1.82) is 0 Å². The Kier molecular flexibility index (Phi) is 5.41. The predicted octanol–water partition coefficient (Wildman–Crippen LogP) is 3.59. The lowest BCUT2D eigenvalue weighted by Crippen LogP contribution is -2.28. The molecule has 1 aliphatic rings. The van der Waals surface area contributed by atoms with Gasteiger partial charge in [0.1, 0.15) is 0 Å². The van der Waals surface area contributed by atoms with Gasteiger partial charge >= 0.3 is 0 Å². The van der Waals surface area contributed by atoms with Gasteiger partial charge in [-0.05, 0) is 49.4 Å². The molecule has 1 aliphatic carbocycles. The molecule has 2 atom stereocenters. The van der Waals surface area contributed by atoms with Crippen LogP contribution in [0.5, 0.6) is 0 Å². The Morgan fingerprint density at radius 2 is 1.79 bits per heavy atom. The molecule has 2 unspecified atom stereocenters. The molecule has 3 N–H and O–H groups in total. The van der Waals surface area contributed by atoms with Gasteiger partial charge in [-0.15, -0.1) is 0 Å². The molecule has 0 heterocycles. The Morgan fingerprint density at radius 3 is 2.32 bits per heavy atom. The molecule has 0 aliphatic heterocycles. The van der Waals surface area contributed by atoms with Crippen molar-refractivity contribution in [2.75, 3.05) is 13.6 Å². The summed E-state index contributed by atoms with van der Waals surface area (Å²) in [5, 5.41) is 3.39. The minimum atomic E-state index is 0.366. The second kappa shape index (κ2) is 7.06. The zero-order valence-corrected chi connectivity index (χ0v) is 12.4. The van der Waals surface area contributed by atoms with E-state index >= 15 is 0 Å². The molecule has 2 nitrogen and oxygen atoms in total. The first-order valence-electron chi connectivity index (χ1n) is 7.73. The van der Waals surface area contributed by atoms with Crippen LogP contribution < -0.4 is 11.1 Å². The van der Waals surface area contributed by atoms with Gasteiger partial charge in [-0.25, -0.2) is 0 Å². The highest BCUT2D eigenvalue weighted by Gasteiger charge is 2.18. The quantitative estimate of drug-likeness (QED) is 0.849. The van der Waals surface area contributed by atoms with E-state index in [9.17, 15) is 0 Å². The average molecular weight is 260 g/mol. The summed E-state index contributed by atoms with van der Waals surface area (Å²) in [5.74, 6) is 1.26. The van der Waals surface area contributed by atoms with E-state index in [0.717, 1.165) is 12.5 Å². The van der Waals surface area contributed by atoms with Gasteiger partial charge in [0.05, 0.1) is 0 Å². The van der Waals surface area contributed by atoms with Crippen LogP contribution in [0.2, 0.25) is 0 Å². The standard InChI is InChI=1S/C17H28N2/c1-13(12-18)17(19-2)16-10-8-15(9-11-16)14-6-4-3-5-7-14/h8-11,13-14,17,19H,3-7,12,18H2,1-2H3. The molecule has 106 valence electrons. The molecule has 2 rings (SSSR count). The lowest BCUT2D eigenvalue weighted by atomic mass is 9.83. The van der Waals surface area contributed by atoms with Crippen LogP contribution in [0.15, 0.2) is 24.3 Å². The normalized spacial score (nSPS) is 20.2. The first-order valence-corrected chi connectivity index (χ1v) is 7.73. The summed E-state index contributed by atoms with van der Waals surface area (Å²) in [5.41, 5.74) is 8.68. The van der Waals surface area contributed by atoms with Crippen LogP contribution in [-0.4, -0.2) is 13.6 Å². The third-order valence-electron chi connectivity index (χ3n) is 4.62. The van der Waals surface area contributed by atoms with E-state index in [4.69, 9.17) is 5.73 Å². The summed E-state index contributed by atoms with van der Waals surface area (Å²) in [6.45, 7) is 2.92. The van der Waals surface area contributed by atoms with Crippen molar-refractivity contribution >= 4 is 0 Å². The van der Waals surface area contributed by atoms with Crippen molar-refractivity contribution in [3.05, 3.63) is 35.4 Å². The monoisotopic (exact) mass is 260 g/mol. The van der Waals surface area contributed by atoms with Crippen molar-refractivity contribution in [3.8, 4) is 0 Å². The Hall–Kier alpha value is -0.860. The van der Waals surface area contributed by atoms with Crippen LogP contribution in [0, 0.1) is 5.92 Å². The van der Waals surface area contributed by atoms with Crippen molar-refractivity contribution in [2.45, 2.75) is 51.0 Å². The Balaban J connectivity index is 2.08. The van der Waals surface area contributed by atoms with Crippen LogP contribution in [0.1, 0.15) is 62.1 Å². The molecule has 0 saturated heterocycles. The van der Waals surface area contributed by atoms with E-state index in [-0.39, 0.29) is 0 Å². The first-order chi connectivity index (χ1) is 9.26. The molecule has 1 aromatic carbocycles. The number of hydrogen-bond donors (Lipinski definition) is 2. The zero-order chi connectivity index (χ0) is 13.7. The summed E-state index contributed by atoms with van der Waals surface area (Å²) in [6, 6.07) is 9.61. The lowest BCUT2D eigenvalue weighted by Gasteiger charge is -2.25. The van der Waals surface area contributed by atoms with Gasteiger partial charge in [-0.3, -0.25) is 0 Å².